The molecule has 1 unspecified atom stereocenters. The Morgan fingerprint density at radius 1 is 1.12 bits per heavy atom. The SMILES string of the molecule is COc1cc(OCc2ccccc2)cc(OC)c1C(C#N)C(C)=O. The summed E-state index contributed by atoms with van der Waals surface area (Å²) < 4.78 is 16.5. The third-order valence-electron chi connectivity index (χ3n) is 3.59. The molecule has 0 saturated heterocycles. The van der Waals surface area contributed by atoms with Crippen LogP contribution in [0.2, 0.25) is 0 Å². The predicted octanol–water partition coefficient (Wildman–Crippen LogP) is 3.48. The van der Waals surface area contributed by atoms with Gasteiger partial charge in [0, 0.05) is 12.1 Å². The fourth-order valence-corrected chi connectivity index (χ4v) is 2.38. The lowest BCUT2D eigenvalue weighted by molar-refractivity contribution is -0.117. The van der Waals surface area contributed by atoms with Gasteiger partial charge in [0.05, 0.1) is 25.9 Å². The first-order valence-corrected chi connectivity index (χ1v) is 7.43. The molecule has 2 rings (SSSR count). The molecule has 5 heteroatoms. The van der Waals surface area contributed by atoms with Crippen LogP contribution in [-0.2, 0) is 11.4 Å². The number of methoxy groups -OCH3 is 2. The summed E-state index contributed by atoms with van der Waals surface area (Å²) in [7, 11) is 2.96. The Hall–Kier alpha value is -3.00. The fourth-order valence-electron chi connectivity index (χ4n) is 2.38. The number of ether oxygens (including phenoxy) is 3. The van der Waals surface area contributed by atoms with E-state index in [1.54, 1.807) is 12.1 Å². The van der Waals surface area contributed by atoms with Crippen molar-refractivity contribution in [2.24, 2.45) is 0 Å². The smallest absolute Gasteiger partial charge is 0.151 e. The van der Waals surface area contributed by atoms with Crippen LogP contribution >= 0.6 is 0 Å². The van der Waals surface area contributed by atoms with Gasteiger partial charge < -0.3 is 14.2 Å². The van der Waals surface area contributed by atoms with Crippen LogP contribution in [0, 0.1) is 11.3 Å². The van der Waals surface area contributed by atoms with Crippen LogP contribution in [0.1, 0.15) is 24.0 Å². The molecule has 0 radical (unpaired) electrons. The summed E-state index contributed by atoms with van der Waals surface area (Å²) in [4.78, 5) is 11.7. The van der Waals surface area contributed by atoms with Crippen molar-refractivity contribution in [3.8, 4) is 23.3 Å². The first-order chi connectivity index (χ1) is 11.6. The average molecular weight is 325 g/mol. The van der Waals surface area contributed by atoms with E-state index in [9.17, 15) is 10.1 Å². The molecule has 0 aliphatic carbocycles. The van der Waals surface area contributed by atoms with Crippen molar-refractivity contribution in [1.29, 1.82) is 5.26 Å². The minimum Gasteiger partial charge on any atom is -0.496 e. The van der Waals surface area contributed by atoms with Crippen molar-refractivity contribution in [3.63, 3.8) is 0 Å². The second-order valence-corrected chi connectivity index (χ2v) is 5.19. The maximum atomic E-state index is 11.7. The molecule has 1 atom stereocenters. The van der Waals surface area contributed by atoms with E-state index in [1.807, 2.05) is 36.4 Å². The number of rotatable bonds is 7. The standard InChI is InChI=1S/C19H19NO4/c1-13(21)16(11-20)19-17(22-2)9-15(10-18(19)23-3)24-12-14-7-5-4-6-8-14/h4-10,16H,12H2,1-3H3. The first kappa shape index (κ1) is 17.4. The number of carbonyl (C=O) groups is 1. The Kier molecular flexibility index (Phi) is 5.80. The number of hydrogen-bond donors (Lipinski definition) is 0. The summed E-state index contributed by atoms with van der Waals surface area (Å²) in [5, 5.41) is 9.30. The van der Waals surface area contributed by atoms with Crippen LogP contribution in [0.3, 0.4) is 0 Å². The summed E-state index contributed by atoms with van der Waals surface area (Å²) in [5.41, 5.74) is 1.44. The predicted molar refractivity (Wildman–Crippen MR) is 89.4 cm³/mol. The summed E-state index contributed by atoms with van der Waals surface area (Å²) in [5.74, 6) is 0.0972. The summed E-state index contributed by atoms with van der Waals surface area (Å²) in [6, 6.07) is 15.1. The molecule has 0 aromatic heterocycles. The highest BCUT2D eigenvalue weighted by Crippen LogP contribution is 2.39. The van der Waals surface area contributed by atoms with E-state index in [0.717, 1.165) is 5.56 Å². The normalized spacial score (nSPS) is 11.2. The van der Waals surface area contributed by atoms with Crippen molar-refractivity contribution in [2.45, 2.75) is 19.4 Å². The Morgan fingerprint density at radius 2 is 1.71 bits per heavy atom. The molecule has 2 aromatic rings. The Labute approximate surface area is 141 Å². The van der Waals surface area contributed by atoms with Crippen molar-refractivity contribution < 1.29 is 19.0 Å². The van der Waals surface area contributed by atoms with E-state index >= 15 is 0 Å². The van der Waals surface area contributed by atoms with Gasteiger partial charge in [-0.25, -0.2) is 0 Å². The number of nitrogens with zero attached hydrogens (tertiary/aromatic N) is 1. The minimum atomic E-state index is -0.946. The van der Waals surface area contributed by atoms with Gasteiger partial charge in [0.1, 0.15) is 29.8 Å². The largest absolute Gasteiger partial charge is 0.496 e. The molecule has 0 heterocycles. The Balaban J connectivity index is 2.36. The van der Waals surface area contributed by atoms with Crippen LogP contribution in [0.4, 0.5) is 0 Å². The van der Waals surface area contributed by atoms with Crippen molar-refractivity contribution in [3.05, 3.63) is 53.6 Å². The van der Waals surface area contributed by atoms with E-state index in [1.165, 1.54) is 21.1 Å². The molecule has 0 fully saturated rings. The molecule has 124 valence electrons. The fraction of sp³-hybridized carbons (Fsp3) is 0.263. The average Bonchev–Trinajstić information content (AvgIpc) is 2.61. The van der Waals surface area contributed by atoms with E-state index in [-0.39, 0.29) is 5.78 Å². The highest BCUT2D eigenvalue weighted by atomic mass is 16.5. The zero-order valence-electron chi connectivity index (χ0n) is 13.9. The maximum absolute atomic E-state index is 11.7. The van der Waals surface area contributed by atoms with Crippen LogP contribution in [0.5, 0.6) is 17.2 Å². The van der Waals surface area contributed by atoms with Crippen molar-refractivity contribution >= 4 is 5.78 Å². The molecule has 0 amide bonds. The quantitative estimate of drug-likeness (QED) is 0.779. The Morgan fingerprint density at radius 3 is 2.17 bits per heavy atom. The second-order valence-electron chi connectivity index (χ2n) is 5.19. The van der Waals surface area contributed by atoms with Gasteiger partial charge in [0.15, 0.2) is 5.78 Å². The minimum absolute atomic E-state index is 0.271. The lowest BCUT2D eigenvalue weighted by atomic mass is 9.94. The molecule has 2 aromatic carbocycles. The van der Waals surface area contributed by atoms with Gasteiger partial charge in [-0.2, -0.15) is 5.26 Å². The lowest BCUT2D eigenvalue weighted by Gasteiger charge is -2.17. The number of nitriles is 1. The molecule has 0 aliphatic rings. The second kappa shape index (κ2) is 8.02. The van der Waals surface area contributed by atoms with Crippen molar-refractivity contribution in [1.82, 2.24) is 0 Å². The molecular formula is C19H19NO4. The molecule has 5 nitrogen and oxygen atoms in total. The molecule has 0 spiro atoms. The molecule has 24 heavy (non-hydrogen) atoms. The molecule has 0 bridgehead atoms. The Bertz CT molecular complexity index is 725. The number of ketones is 1. The van der Waals surface area contributed by atoms with Gasteiger partial charge in [-0.15, -0.1) is 0 Å². The maximum Gasteiger partial charge on any atom is 0.151 e. The topological polar surface area (TPSA) is 68.6 Å². The van der Waals surface area contributed by atoms with E-state index in [4.69, 9.17) is 14.2 Å². The third kappa shape index (κ3) is 3.85. The first-order valence-electron chi connectivity index (χ1n) is 7.43. The summed E-state index contributed by atoms with van der Waals surface area (Å²) in [6.45, 7) is 1.76. The molecule has 0 aliphatic heterocycles. The monoisotopic (exact) mass is 325 g/mol. The summed E-state index contributed by atoms with van der Waals surface area (Å²) >= 11 is 0. The third-order valence-corrected chi connectivity index (χ3v) is 3.59. The van der Waals surface area contributed by atoms with Gasteiger partial charge in [0.2, 0.25) is 0 Å². The van der Waals surface area contributed by atoms with Gasteiger partial charge in [-0.3, -0.25) is 4.79 Å². The van der Waals surface area contributed by atoms with Crippen LogP contribution in [0.15, 0.2) is 42.5 Å². The molecular weight excluding hydrogens is 306 g/mol. The summed E-state index contributed by atoms with van der Waals surface area (Å²) in [6.07, 6.45) is 0. The number of carbonyl (C=O) groups excluding carboxylic acids is 1. The molecule has 0 N–H and O–H groups in total. The van der Waals surface area contributed by atoms with E-state index < -0.39 is 5.92 Å². The van der Waals surface area contributed by atoms with Crippen LogP contribution in [-0.4, -0.2) is 20.0 Å². The van der Waals surface area contributed by atoms with E-state index in [2.05, 4.69) is 0 Å². The van der Waals surface area contributed by atoms with E-state index in [0.29, 0.717) is 29.4 Å². The number of hydrogen-bond acceptors (Lipinski definition) is 5. The van der Waals surface area contributed by atoms with Crippen LogP contribution in [0.25, 0.3) is 0 Å². The van der Waals surface area contributed by atoms with Gasteiger partial charge in [0.25, 0.3) is 0 Å². The zero-order chi connectivity index (χ0) is 17.5. The van der Waals surface area contributed by atoms with Crippen molar-refractivity contribution in [2.75, 3.05) is 14.2 Å². The van der Waals surface area contributed by atoms with Gasteiger partial charge >= 0.3 is 0 Å². The van der Waals surface area contributed by atoms with Crippen LogP contribution < -0.4 is 14.2 Å². The number of Topliss-reactive ketones (excluding diaryl/α,β-unsaturated/α-hetero) is 1. The van der Waals surface area contributed by atoms with Gasteiger partial charge in [-0.1, -0.05) is 30.3 Å². The zero-order valence-corrected chi connectivity index (χ0v) is 13.9. The van der Waals surface area contributed by atoms with Gasteiger partial charge in [-0.05, 0) is 12.5 Å². The highest BCUT2D eigenvalue weighted by Gasteiger charge is 2.26. The lowest BCUT2D eigenvalue weighted by Crippen LogP contribution is -2.10. The molecule has 0 saturated carbocycles. The highest BCUT2D eigenvalue weighted by molar-refractivity contribution is 5.88. The number of benzene rings is 2.